The Hall–Kier alpha value is -3.03. The lowest BCUT2D eigenvalue weighted by Crippen LogP contribution is -3.07. The second-order valence-electron chi connectivity index (χ2n) is 7.40. The van der Waals surface area contributed by atoms with Crippen LogP contribution in [0.3, 0.4) is 0 Å². The molecular formula is C22H25N6S+. The maximum atomic E-state index is 5.64. The van der Waals surface area contributed by atoms with Crippen LogP contribution in [0.5, 0.6) is 0 Å². The van der Waals surface area contributed by atoms with Crippen LogP contribution in [-0.4, -0.2) is 31.2 Å². The third-order valence-electron chi connectivity index (χ3n) is 5.01. The van der Waals surface area contributed by atoms with Gasteiger partial charge < -0.3 is 9.47 Å². The number of hydrogen-bond donors (Lipinski definition) is 1. The first-order valence-electron chi connectivity index (χ1n) is 9.63. The molecule has 0 amide bonds. The summed E-state index contributed by atoms with van der Waals surface area (Å²) in [6.07, 6.45) is 4.00. The number of nitrogens with zero attached hydrogens (tertiary/aromatic N) is 5. The minimum atomic E-state index is 0.690. The van der Waals surface area contributed by atoms with E-state index in [0.717, 1.165) is 28.4 Å². The van der Waals surface area contributed by atoms with Crippen LogP contribution in [0.15, 0.2) is 67.0 Å². The number of nitrogens with one attached hydrogen (secondary N) is 1. The molecule has 0 saturated heterocycles. The van der Waals surface area contributed by atoms with Crippen molar-refractivity contribution in [2.24, 2.45) is 7.05 Å². The number of para-hydroxylation sites is 1. The summed E-state index contributed by atoms with van der Waals surface area (Å²) in [7, 11) is 4.12. The molecule has 7 heteroatoms. The van der Waals surface area contributed by atoms with Gasteiger partial charge in [-0.1, -0.05) is 42.5 Å². The van der Waals surface area contributed by atoms with E-state index in [1.54, 1.807) is 0 Å². The summed E-state index contributed by atoms with van der Waals surface area (Å²) in [5.74, 6) is 0.901. The Kier molecular flexibility index (Phi) is 5.42. The van der Waals surface area contributed by atoms with Gasteiger partial charge in [-0.05, 0) is 36.8 Å². The molecule has 0 fully saturated rings. The molecule has 6 nitrogen and oxygen atoms in total. The molecule has 0 bridgehead atoms. The zero-order valence-electron chi connectivity index (χ0n) is 16.9. The Morgan fingerprint density at radius 3 is 2.52 bits per heavy atom. The average Bonchev–Trinajstić information content (AvgIpc) is 3.29. The normalized spacial score (nSPS) is 12.2. The van der Waals surface area contributed by atoms with Crippen LogP contribution < -0.4 is 4.90 Å². The second-order valence-corrected chi connectivity index (χ2v) is 7.77. The molecule has 0 aliphatic heterocycles. The van der Waals surface area contributed by atoms with E-state index >= 15 is 0 Å². The molecule has 0 saturated carbocycles. The van der Waals surface area contributed by atoms with Crippen molar-refractivity contribution in [1.29, 1.82) is 0 Å². The largest absolute Gasteiger partial charge is 0.315 e. The predicted molar refractivity (Wildman–Crippen MR) is 116 cm³/mol. The quantitative estimate of drug-likeness (QED) is 0.502. The van der Waals surface area contributed by atoms with Gasteiger partial charge in [0, 0.05) is 24.4 Å². The fraction of sp³-hybridized carbons (Fsp3) is 0.227. The first-order chi connectivity index (χ1) is 14.0. The molecule has 148 valence electrons. The van der Waals surface area contributed by atoms with E-state index in [4.69, 9.17) is 17.3 Å². The van der Waals surface area contributed by atoms with Crippen LogP contribution in [0.1, 0.15) is 11.1 Å². The van der Waals surface area contributed by atoms with E-state index in [-0.39, 0.29) is 0 Å². The fourth-order valence-corrected chi connectivity index (χ4v) is 3.67. The van der Waals surface area contributed by atoms with Crippen LogP contribution in [0, 0.1) is 11.7 Å². The Labute approximate surface area is 175 Å². The van der Waals surface area contributed by atoms with Gasteiger partial charge in [0.15, 0.2) is 12.5 Å². The standard InChI is InChI=1S/C22H24N6S/c1-17-9-7-8-12-20(17)21-24-28(22(29)26(21)3)16-25(2)14-18-13-23-27(15-18)19-10-5-4-6-11-19/h4-13,15H,14,16H2,1-3H3/p+1. The molecule has 1 unspecified atom stereocenters. The zero-order chi connectivity index (χ0) is 20.4. The van der Waals surface area contributed by atoms with Crippen molar-refractivity contribution in [1.82, 2.24) is 24.1 Å². The number of aromatic nitrogens is 5. The molecule has 2 heterocycles. The lowest BCUT2D eigenvalue weighted by Gasteiger charge is -2.12. The minimum Gasteiger partial charge on any atom is -0.315 e. The first-order valence-corrected chi connectivity index (χ1v) is 10.0. The number of hydrogen-bond acceptors (Lipinski definition) is 3. The van der Waals surface area contributed by atoms with Crippen LogP contribution in [0.25, 0.3) is 17.1 Å². The number of benzene rings is 2. The maximum absolute atomic E-state index is 5.64. The van der Waals surface area contributed by atoms with E-state index in [2.05, 4.69) is 37.4 Å². The van der Waals surface area contributed by atoms with E-state index in [1.165, 1.54) is 16.0 Å². The van der Waals surface area contributed by atoms with Crippen molar-refractivity contribution in [3.63, 3.8) is 0 Å². The molecule has 0 spiro atoms. The molecular weight excluding hydrogens is 380 g/mol. The summed E-state index contributed by atoms with van der Waals surface area (Å²) in [6.45, 7) is 3.62. The van der Waals surface area contributed by atoms with Crippen molar-refractivity contribution in [2.45, 2.75) is 20.1 Å². The highest BCUT2D eigenvalue weighted by Crippen LogP contribution is 2.21. The number of quaternary nitrogens is 1. The van der Waals surface area contributed by atoms with Gasteiger partial charge in [-0.2, -0.15) is 9.78 Å². The lowest BCUT2D eigenvalue weighted by atomic mass is 10.1. The topological polar surface area (TPSA) is 45.0 Å². The summed E-state index contributed by atoms with van der Waals surface area (Å²) in [6, 6.07) is 18.4. The Morgan fingerprint density at radius 1 is 1.03 bits per heavy atom. The Morgan fingerprint density at radius 2 is 1.76 bits per heavy atom. The summed E-state index contributed by atoms with van der Waals surface area (Å²) in [5.41, 5.74) is 4.54. The van der Waals surface area contributed by atoms with Gasteiger partial charge in [-0.25, -0.2) is 4.68 Å². The minimum absolute atomic E-state index is 0.690. The van der Waals surface area contributed by atoms with Gasteiger partial charge in [0.2, 0.25) is 4.77 Å². The van der Waals surface area contributed by atoms with Crippen molar-refractivity contribution < 1.29 is 4.90 Å². The summed E-state index contributed by atoms with van der Waals surface area (Å²) < 4.78 is 6.53. The summed E-state index contributed by atoms with van der Waals surface area (Å²) >= 11 is 5.64. The predicted octanol–water partition coefficient (Wildman–Crippen LogP) is 2.78. The van der Waals surface area contributed by atoms with Gasteiger partial charge in [0.25, 0.3) is 0 Å². The maximum Gasteiger partial charge on any atom is 0.202 e. The Bertz CT molecular complexity index is 1170. The highest BCUT2D eigenvalue weighted by atomic mass is 32.1. The molecule has 2 aromatic carbocycles. The molecule has 0 aliphatic carbocycles. The molecule has 4 rings (SSSR count). The number of aryl methyl sites for hydroxylation is 1. The average molecular weight is 406 g/mol. The molecule has 1 N–H and O–H groups in total. The van der Waals surface area contributed by atoms with E-state index in [0.29, 0.717) is 6.67 Å². The molecule has 0 radical (unpaired) electrons. The molecule has 0 aliphatic rings. The highest BCUT2D eigenvalue weighted by Gasteiger charge is 2.15. The van der Waals surface area contributed by atoms with Crippen molar-refractivity contribution >= 4 is 12.2 Å². The monoisotopic (exact) mass is 405 g/mol. The second kappa shape index (κ2) is 8.14. The van der Waals surface area contributed by atoms with Crippen LogP contribution in [-0.2, 0) is 20.3 Å². The van der Waals surface area contributed by atoms with E-state index < -0.39 is 0 Å². The zero-order valence-corrected chi connectivity index (χ0v) is 17.7. The van der Waals surface area contributed by atoms with Gasteiger partial charge in [0.1, 0.15) is 6.54 Å². The van der Waals surface area contributed by atoms with E-state index in [1.807, 2.05) is 69.6 Å². The molecule has 4 aromatic rings. The van der Waals surface area contributed by atoms with Crippen molar-refractivity contribution in [3.8, 4) is 17.1 Å². The summed E-state index contributed by atoms with van der Waals surface area (Å²) in [4.78, 5) is 1.28. The van der Waals surface area contributed by atoms with Gasteiger partial charge >= 0.3 is 0 Å². The Balaban J connectivity index is 1.50. The van der Waals surface area contributed by atoms with Gasteiger partial charge in [-0.3, -0.25) is 0 Å². The smallest absolute Gasteiger partial charge is 0.202 e. The third kappa shape index (κ3) is 4.06. The first kappa shape index (κ1) is 19.3. The van der Waals surface area contributed by atoms with Crippen LogP contribution >= 0.6 is 12.2 Å². The van der Waals surface area contributed by atoms with Crippen LogP contribution in [0.4, 0.5) is 0 Å². The lowest BCUT2D eigenvalue weighted by molar-refractivity contribution is -0.917. The fourth-order valence-electron chi connectivity index (χ4n) is 3.48. The highest BCUT2D eigenvalue weighted by molar-refractivity contribution is 7.71. The SMILES string of the molecule is Cc1ccccc1-c1nn(C[NH+](C)Cc2cnn(-c3ccccc3)c2)c(=S)n1C. The van der Waals surface area contributed by atoms with Gasteiger partial charge in [-0.15, -0.1) is 5.10 Å². The van der Waals surface area contributed by atoms with Crippen molar-refractivity contribution in [3.05, 3.63) is 82.9 Å². The van der Waals surface area contributed by atoms with Crippen LogP contribution in [0.2, 0.25) is 0 Å². The van der Waals surface area contributed by atoms with E-state index in [9.17, 15) is 0 Å². The van der Waals surface area contributed by atoms with Crippen molar-refractivity contribution in [2.75, 3.05) is 7.05 Å². The van der Waals surface area contributed by atoms with Gasteiger partial charge in [0.05, 0.1) is 18.9 Å². The molecule has 29 heavy (non-hydrogen) atoms. The molecule has 1 atom stereocenters. The third-order valence-corrected chi connectivity index (χ3v) is 5.49. The molecule has 2 aromatic heterocycles. The summed E-state index contributed by atoms with van der Waals surface area (Å²) in [5, 5.41) is 9.30. The number of rotatable bonds is 6.